The van der Waals surface area contributed by atoms with Gasteiger partial charge in [0.15, 0.2) is 0 Å². The molecule has 0 aliphatic rings. The van der Waals surface area contributed by atoms with E-state index < -0.39 is 0 Å². The van der Waals surface area contributed by atoms with Crippen molar-refractivity contribution < 1.29 is 4.74 Å². The molecule has 0 spiro atoms. The molecular weight excluding hydrogens is 228 g/mol. The van der Waals surface area contributed by atoms with E-state index in [1.165, 1.54) is 5.39 Å². The first-order valence-electron chi connectivity index (χ1n) is 3.95. The summed E-state index contributed by atoms with van der Waals surface area (Å²) in [5.41, 5.74) is 0. The van der Waals surface area contributed by atoms with E-state index in [0.717, 1.165) is 15.6 Å². The molecule has 0 unspecified atom stereocenters. The fourth-order valence-electron chi connectivity index (χ4n) is 1.24. The van der Waals surface area contributed by atoms with E-state index in [4.69, 9.17) is 4.74 Å². The van der Waals surface area contributed by atoms with Crippen molar-refractivity contribution in [3.05, 3.63) is 40.9 Å². The lowest BCUT2D eigenvalue weighted by atomic mass is 10.1. The van der Waals surface area contributed by atoms with Gasteiger partial charge in [-0.1, -0.05) is 28.1 Å². The average molecular weight is 236 g/mol. The highest BCUT2D eigenvalue weighted by Gasteiger charge is 1.97. The second-order valence-electron chi connectivity index (χ2n) is 2.76. The first kappa shape index (κ1) is 8.57. The first-order chi connectivity index (χ1) is 6.29. The summed E-state index contributed by atoms with van der Waals surface area (Å²) in [6, 6.07) is 13.2. The smallest absolute Gasteiger partial charge is 0.127 e. The zero-order valence-corrected chi connectivity index (χ0v) is 8.76. The fraction of sp³-hybridized carbons (Fsp3) is 0.0909. The molecule has 65 valence electrons. The quantitative estimate of drug-likeness (QED) is 0.737. The molecule has 0 saturated carbocycles. The molecule has 0 saturated heterocycles. The molecule has 2 aromatic rings. The number of benzene rings is 2. The molecule has 0 aliphatic carbocycles. The summed E-state index contributed by atoms with van der Waals surface area (Å²) in [6.07, 6.45) is 0. The number of hydrogen-bond acceptors (Lipinski definition) is 1. The van der Waals surface area contributed by atoms with Gasteiger partial charge in [0.25, 0.3) is 0 Å². The van der Waals surface area contributed by atoms with Crippen LogP contribution in [0.4, 0.5) is 0 Å². The summed E-state index contributed by atoms with van der Waals surface area (Å²) in [5.74, 6) is 0.769. The van der Waals surface area contributed by atoms with E-state index in [2.05, 4.69) is 28.1 Å². The van der Waals surface area contributed by atoms with Crippen LogP contribution in [-0.2, 0) is 0 Å². The molecule has 0 aliphatic heterocycles. The van der Waals surface area contributed by atoms with Crippen molar-refractivity contribution in [3.8, 4) is 5.75 Å². The highest BCUT2D eigenvalue weighted by Crippen LogP contribution is 2.23. The summed E-state index contributed by atoms with van der Waals surface area (Å²) in [7, 11) is 1.65. The lowest BCUT2D eigenvalue weighted by molar-refractivity contribution is 0.414. The molecule has 0 bridgehead atoms. The fourth-order valence-corrected chi connectivity index (χ4v) is 1.60. The zero-order valence-electron chi connectivity index (χ0n) is 7.17. The molecule has 1 radical (unpaired) electrons. The van der Waals surface area contributed by atoms with Crippen LogP contribution in [0.1, 0.15) is 0 Å². The molecule has 2 aromatic carbocycles. The zero-order chi connectivity index (χ0) is 9.26. The Balaban J connectivity index is 2.68. The van der Waals surface area contributed by atoms with E-state index >= 15 is 0 Å². The van der Waals surface area contributed by atoms with Gasteiger partial charge in [-0.2, -0.15) is 0 Å². The average Bonchev–Trinajstić information content (AvgIpc) is 2.16. The Labute approximate surface area is 85.5 Å². The molecule has 0 atom stereocenters. The summed E-state index contributed by atoms with van der Waals surface area (Å²) >= 11 is 3.42. The maximum Gasteiger partial charge on any atom is 0.127 e. The molecule has 13 heavy (non-hydrogen) atoms. The van der Waals surface area contributed by atoms with Gasteiger partial charge < -0.3 is 4.74 Å². The first-order valence-corrected chi connectivity index (χ1v) is 4.74. The van der Waals surface area contributed by atoms with Crippen LogP contribution >= 0.6 is 15.9 Å². The number of halogens is 1. The maximum atomic E-state index is 5.09. The third-order valence-corrected chi connectivity index (χ3v) is 2.40. The van der Waals surface area contributed by atoms with Crippen molar-refractivity contribution >= 4 is 26.7 Å². The van der Waals surface area contributed by atoms with Crippen molar-refractivity contribution in [1.82, 2.24) is 0 Å². The van der Waals surface area contributed by atoms with Crippen LogP contribution in [0, 0.1) is 6.07 Å². The third kappa shape index (κ3) is 1.68. The van der Waals surface area contributed by atoms with Gasteiger partial charge in [-0.15, -0.1) is 0 Å². The van der Waals surface area contributed by atoms with Crippen molar-refractivity contribution in [2.24, 2.45) is 0 Å². The number of hydrogen-bond donors (Lipinski definition) is 0. The second-order valence-corrected chi connectivity index (χ2v) is 3.67. The maximum absolute atomic E-state index is 5.09. The summed E-state index contributed by atoms with van der Waals surface area (Å²) in [5, 5.41) is 2.23. The number of fused-ring (bicyclic) bond motifs is 1. The second kappa shape index (κ2) is 3.38. The number of rotatable bonds is 1. The van der Waals surface area contributed by atoms with E-state index in [1.807, 2.05) is 24.3 Å². The Bertz CT molecular complexity index is 437. The summed E-state index contributed by atoms with van der Waals surface area (Å²) in [4.78, 5) is 0. The van der Waals surface area contributed by atoms with Crippen LogP contribution < -0.4 is 4.74 Å². The Morgan fingerprint density at radius 1 is 1.23 bits per heavy atom. The van der Waals surface area contributed by atoms with Crippen LogP contribution in [-0.4, -0.2) is 7.11 Å². The molecule has 0 aromatic heterocycles. The molecule has 0 N–H and O–H groups in total. The number of ether oxygens (including phenoxy) is 1. The molecule has 1 nitrogen and oxygen atoms in total. The van der Waals surface area contributed by atoms with Gasteiger partial charge in [0.2, 0.25) is 0 Å². The Kier molecular flexibility index (Phi) is 2.23. The third-order valence-electron chi connectivity index (χ3n) is 1.91. The van der Waals surface area contributed by atoms with E-state index in [9.17, 15) is 0 Å². The largest absolute Gasteiger partial charge is 0.496 e. The lowest BCUT2D eigenvalue weighted by Crippen LogP contribution is -1.82. The van der Waals surface area contributed by atoms with Gasteiger partial charge in [-0.25, -0.2) is 0 Å². The normalized spacial score (nSPS) is 10.3. The minimum Gasteiger partial charge on any atom is -0.496 e. The highest BCUT2D eigenvalue weighted by atomic mass is 79.9. The van der Waals surface area contributed by atoms with Crippen LogP contribution in [0.15, 0.2) is 34.8 Å². The number of methoxy groups -OCH3 is 1. The van der Waals surface area contributed by atoms with Crippen molar-refractivity contribution in [3.63, 3.8) is 0 Å². The Morgan fingerprint density at radius 2 is 2.00 bits per heavy atom. The van der Waals surface area contributed by atoms with Crippen molar-refractivity contribution in [2.45, 2.75) is 0 Å². The standard InChI is InChI=1S/C11H8BrO/c1-13-11-5-3-8-2-4-10(12)6-9(8)7-11/h2-6H,1H3. The van der Waals surface area contributed by atoms with E-state index in [-0.39, 0.29) is 0 Å². The van der Waals surface area contributed by atoms with Gasteiger partial charge in [-0.3, -0.25) is 0 Å². The predicted octanol–water partition coefficient (Wildman–Crippen LogP) is 3.41. The van der Waals surface area contributed by atoms with Gasteiger partial charge in [0, 0.05) is 10.5 Å². The highest BCUT2D eigenvalue weighted by molar-refractivity contribution is 9.10. The van der Waals surface area contributed by atoms with E-state index in [0.29, 0.717) is 0 Å². The predicted molar refractivity (Wildman–Crippen MR) is 57.0 cm³/mol. The Hall–Kier alpha value is -1.02. The van der Waals surface area contributed by atoms with Gasteiger partial charge in [-0.05, 0) is 29.0 Å². The SMILES string of the molecule is COc1[c]c2cc(Br)ccc2cc1. The van der Waals surface area contributed by atoms with Gasteiger partial charge >= 0.3 is 0 Å². The van der Waals surface area contributed by atoms with Gasteiger partial charge in [0.1, 0.15) is 5.75 Å². The lowest BCUT2D eigenvalue weighted by Gasteiger charge is -2.01. The molecule has 2 heteroatoms. The van der Waals surface area contributed by atoms with Crippen LogP contribution in [0.2, 0.25) is 0 Å². The van der Waals surface area contributed by atoms with Crippen LogP contribution in [0.5, 0.6) is 5.75 Å². The van der Waals surface area contributed by atoms with Crippen LogP contribution in [0.3, 0.4) is 0 Å². The minimum absolute atomic E-state index is 0.769. The molecule has 0 amide bonds. The summed E-state index contributed by atoms with van der Waals surface area (Å²) < 4.78 is 6.15. The molecular formula is C11H8BrO. The van der Waals surface area contributed by atoms with Crippen molar-refractivity contribution in [1.29, 1.82) is 0 Å². The summed E-state index contributed by atoms with van der Waals surface area (Å²) in [6.45, 7) is 0. The van der Waals surface area contributed by atoms with Gasteiger partial charge in [0.05, 0.1) is 7.11 Å². The topological polar surface area (TPSA) is 9.23 Å². The molecule has 0 heterocycles. The minimum atomic E-state index is 0.769. The van der Waals surface area contributed by atoms with Crippen molar-refractivity contribution in [2.75, 3.05) is 7.11 Å². The molecule has 0 fully saturated rings. The van der Waals surface area contributed by atoms with Crippen LogP contribution in [0.25, 0.3) is 10.8 Å². The monoisotopic (exact) mass is 235 g/mol. The molecule has 2 rings (SSSR count). The Morgan fingerprint density at radius 3 is 2.77 bits per heavy atom. The van der Waals surface area contributed by atoms with E-state index in [1.54, 1.807) is 7.11 Å².